The highest BCUT2D eigenvalue weighted by molar-refractivity contribution is 7.97. The highest BCUT2D eigenvalue weighted by Crippen LogP contribution is 2.44. The molecular weight excluding hydrogens is 422 g/mol. The number of aryl methyl sites for hydroxylation is 2. The number of hydrogen-bond donors (Lipinski definition) is 1. The molecule has 1 aliphatic heterocycles. The van der Waals surface area contributed by atoms with Crippen molar-refractivity contribution in [1.29, 1.82) is 0 Å². The number of Topliss-reactive ketones (excluding diaryl/α,β-unsaturated/α-hetero) is 1. The van der Waals surface area contributed by atoms with Gasteiger partial charge in [-0.15, -0.1) is 11.3 Å². The molecule has 146 valence electrons. The molecule has 1 atom stereocenters. The molecule has 4 aromatic rings. The molecule has 0 aliphatic carbocycles. The average molecular weight is 440 g/mol. The minimum Gasteiger partial charge on any atom is -0.300 e. The number of thiazole rings is 1. The van der Waals surface area contributed by atoms with E-state index in [1.807, 2.05) is 37.3 Å². The van der Waals surface area contributed by atoms with Crippen LogP contribution in [0.25, 0.3) is 20.3 Å². The predicted octanol–water partition coefficient (Wildman–Crippen LogP) is 5.27. The van der Waals surface area contributed by atoms with E-state index in [4.69, 9.17) is 0 Å². The average Bonchev–Trinajstić information content (AvgIpc) is 3.23. The molecule has 8 heteroatoms. The van der Waals surface area contributed by atoms with Crippen molar-refractivity contribution in [3.05, 3.63) is 52.4 Å². The lowest BCUT2D eigenvalue weighted by atomic mass is 10.1. The highest BCUT2D eigenvalue weighted by atomic mass is 32.2. The molecule has 2 aromatic carbocycles. The van der Waals surface area contributed by atoms with Crippen LogP contribution in [-0.4, -0.2) is 34.1 Å². The third kappa shape index (κ3) is 3.07. The van der Waals surface area contributed by atoms with Gasteiger partial charge in [-0.05, 0) is 62.2 Å². The van der Waals surface area contributed by atoms with E-state index in [0.717, 1.165) is 30.8 Å². The van der Waals surface area contributed by atoms with Crippen LogP contribution in [0.1, 0.15) is 20.8 Å². The van der Waals surface area contributed by atoms with E-state index < -0.39 is 6.04 Å². The van der Waals surface area contributed by atoms with Crippen molar-refractivity contribution in [2.45, 2.75) is 24.8 Å². The van der Waals surface area contributed by atoms with Crippen molar-refractivity contribution >= 4 is 71.7 Å². The lowest BCUT2D eigenvalue weighted by Crippen LogP contribution is -2.46. The van der Waals surface area contributed by atoms with Gasteiger partial charge in [0.2, 0.25) is 5.78 Å². The van der Waals surface area contributed by atoms with E-state index in [2.05, 4.69) is 23.3 Å². The maximum atomic E-state index is 13.2. The predicted molar refractivity (Wildman–Crippen MR) is 121 cm³/mol. The molecule has 0 radical (unpaired) electrons. The molecule has 1 amide bonds. The third-order valence-corrected chi connectivity index (χ3v) is 8.46. The van der Waals surface area contributed by atoms with Crippen LogP contribution in [0.4, 0.5) is 5.13 Å². The summed E-state index contributed by atoms with van der Waals surface area (Å²) >= 11 is 4.33. The minimum atomic E-state index is -0.879. The van der Waals surface area contributed by atoms with Crippen LogP contribution in [0.3, 0.4) is 0 Å². The van der Waals surface area contributed by atoms with Gasteiger partial charge in [-0.25, -0.2) is 9.29 Å². The minimum absolute atomic E-state index is 0.159. The number of likely N-dealkylation sites (N-methyl/N-ethyl adjacent to an activating group) is 1. The zero-order valence-electron chi connectivity index (χ0n) is 16.0. The van der Waals surface area contributed by atoms with Gasteiger partial charge in [0.1, 0.15) is 0 Å². The first-order chi connectivity index (χ1) is 13.9. The van der Waals surface area contributed by atoms with Gasteiger partial charge in [0.05, 0.1) is 20.0 Å². The summed E-state index contributed by atoms with van der Waals surface area (Å²) in [6.07, 6.45) is 0. The molecule has 0 saturated heterocycles. The Bertz CT molecular complexity index is 1270. The Kier molecular flexibility index (Phi) is 4.47. The fourth-order valence-electron chi connectivity index (χ4n) is 3.45. The summed E-state index contributed by atoms with van der Waals surface area (Å²) in [4.78, 5) is 32.3. The van der Waals surface area contributed by atoms with Crippen molar-refractivity contribution in [2.24, 2.45) is 0 Å². The Morgan fingerprint density at radius 3 is 2.69 bits per heavy atom. The van der Waals surface area contributed by atoms with Crippen molar-refractivity contribution in [2.75, 3.05) is 12.4 Å². The third-order valence-electron chi connectivity index (χ3n) is 5.10. The van der Waals surface area contributed by atoms with Crippen LogP contribution in [0, 0.1) is 13.8 Å². The van der Waals surface area contributed by atoms with Crippen LogP contribution < -0.4 is 5.32 Å². The Balaban J connectivity index is 1.46. The second-order valence-electron chi connectivity index (χ2n) is 7.07. The molecule has 1 unspecified atom stereocenters. The van der Waals surface area contributed by atoms with Crippen LogP contribution in [0.15, 0.2) is 41.3 Å². The monoisotopic (exact) mass is 439 g/mol. The number of thiophene rings is 1. The van der Waals surface area contributed by atoms with Gasteiger partial charge in [0.15, 0.2) is 11.2 Å². The molecule has 0 saturated carbocycles. The zero-order chi connectivity index (χ0) is 20.3. The maximum Gasteiger partial charge on any atom is 0.252 e. The van der Waals surface area contributed by atoms with Gasteiger partial charge >= 0.3 is 0 Å². The number of ketones is 1. The van der Waals surface area contributed by atoms with Gasteiger partial charge < -0.3 is 5.32 Å². The van der Waals surface area contributed by atoms with E-state index in [1.165, 1.54) is 40.2 Å². The number of rotatable bonds is 2. The highest BCUT2D eigenvalue weighted by Gasteiger charge is 2.40. The fraction of sp³-hybridized carbons (Fsp3) is 0.190. The Morgan fingerprint density at radius 1 is 1.10 bits per heavy atom. The van der Waals surface area contributed by atoms with E-state index in [1.54, 1.807) is 11.4 Å². The quantitative estimate of drug-likeness (QED) is 0.340. The van der Waals surface area contributed by atoms with Crippen LogP contribution in [0.5, 0.6) is 0 Å². The van der Waals surface area contributed by atoms with Crippen molar-refractivity contribution in [1.82, 2.24) is 9.29 Å². The number of hydrogen-bond acceptors (Lipinski definition) is 7. The van der Waals surface area contributed by atoms with Crippen LogP contribution in [0.2, 0.25) is 0 Å². The Morgan fingerprint density at radius 2 is 1.86 bits per heavy atom. The molecule has 5 nitrogen and oxygen atoms in total. The molecular formula is C21H17N3O2S3. The Hall–Kier alpha value is -2.26. The zero-order valence-corrected chi connectivity index (χ0v) is 18.4. The van der Waals surface area contributed by atoms with Crippen LogP contribution in [-0.2, 0) is 4.79 Å². The number of fused-ring (bicyclic) bond motifs is 4. The molecule has 0 bridgehead atoms. The number of benzene rings is 2. The van der Waals surface area contributed by atoms with E-state index in [9.17, 15) is 9.59 Å². The summed E-state index contributed by atoms with van der Waals surface area (Å²) in [7, 11) is 1.78. The number of nitrogens with one attached hydrogen (secondary N) is 1. The first-order valence-corrected chi connectivity index (χ1v) is 11.5. The summed E-state index contributed by atoms with van der Waals surface area (Å²) in [5.41, 5.74) is 3.21. The number of carbonyl (C=O) groups excluding carboxylic acids is 2. The second-order valence-corrected chi connectivity index (χ2v) is 10.3. The van der Waals surface area contributed by atoms with Gasteiger partial charge in [0.25, 0.3) is 5.91 Å². The topological polar surface area (TPSA) is 62.3 Å². The molecule has 1 aliphatic rings. The van der Waals surface area contributed by atoms with E-state index in [0.29, 0.717) is 10.0 Å². The largest absolute Gasteiger partial charge is 0.300 e. The van der Waals surface area contributed by atoms with Gasteiger partial charge in [-0.1, -0.05) is 29.5 Å². The second kappa shape index (κ2) is 6.91. The van der Waals surface area contributed by atoms with Crippen molar-refractivity contribution in [3.63, 3.8) is 0 Å². The molecule has 3 heterocycles. The summed E-state index contributed by atoms with van der Waals surface area (Å²) < 4.78 is 3.82. The lowest BCUT2D eigenvalue weighted by Gasteiger charge is -2.28. The van der Waals surface area contributed by atoms with E-state index in [-0.39, 0.29) is 11.7 Å². The van der Waals surface area contributed by atoms with Gasteiger partial charge in [-0.2, -0.15) is 0 Å². The summed E-state index contributed by atoms with van der Waals surface area (Å²) in [5.74, 6) is -0.506. The lowest BCUT2D eigenvalue weighted by molar-refractivity contribution is -0.118. The number of amides is 1. The first kappa shape index (κ1) is 18.7. The summed E-state index contributed by atoms with van der Waals surface area (Å²) in [6, 6.07) is 11.2. The van der Waals surface area contributed by atoms with Crippen molar-refractivity contribution in [3.8, 4) is 0 Å². The van der Waals surface area contributed by atoms with Crippen molar-refractivity contribution < 1.29 is 9.59 Å². The normalized spacial score (nSPS) is 17.1. The molecule has 0 fully saturated rings. The number of carbonyl (C=O) groups is 2. The SMILES string of the molecule is Cc1cc2nc(NC(=O)C3C(=O)c4sc5ccccc5c4SN3C)sc2cc1C. The first-order valence-electron chi connectivity index (χ1n) is 9.07. The summed E-state index contributed by atoms with van der Waals surface area (Å²) in [5, 5.41) is 4.44. The number of aromatic nitrogens is 1. The van der Waals surface area contributed by atoms with E-state index >= 15 is 0 Å². The molecule has 5 rings (SSSR count). The number of nitrogens with zero attached hydrogens (tertiary/aromatic N) is 2. The standard InChI is InChI=1S/C21H17N3O2S3/c1-10-8-13-15(9-11(10)2)28-21(22-13)23-20(26)16-17(25)19-18(29-24(16)3)12-6-4-5-7-14(12)27-19/h4-9,16H,1-3H3,(H,22,23,26). The Labute approximate surface area is 179 Å². The summed E-state index contributed by atoms with van der Waals surface area (Å²) in [6.45, 7) is 4.10. The molecule has 1 N–H and O–H groups in total. The number of anilines is 1. The van der Waals surface area contributed by atoms with Crippen LogP contribution >= 0.6 is 34.6 Å². The molecule has 0 spiro atoms. The maximum absolute atomic E-state index is 13.2. The van der Waals surface area contributed by atoms with Gasteiger partial charge in [-0.3, -0.25) is 9.59 Å². The smallest absolute Gasteiger partial charge is 0.252 e. The van der Waals surface area contributed by atoms with Gasteiger partial charge in [0, 0.05) is 10.1 Å². The fourth-order valence-corrected chi connectivity index (χ4v) is 6.81. The molecule has 29 heavy (non-hydrogen) atoms. The molecule has 2 aromatic heterocycles.